The lowest BCUT2D eigenvalue weighted by Gasteiger charge is -2.13. The number of hydrogen-bond donors (Lipinski definition) is 2. The lowest BCUT2D eigenvalue weighted by molar-refractivity contribution is -0.137. The van der Waals surface area contributed by atoms with Crippen molar-refractivity contribution in [3.8, 4) is 11.1 Å². The van der Waals surface area contributed by atoms with Gasteiger partial charge in [-0.05, 0) is 47.7 Å². The van der Waals surface area contributed by atoms with Gasteiger partial charge in [0.25, 0.3) is 0 Å². The maximum atomic E-state index is 10.8. The summed E-state index contributed by atoms with van der Waals surface area (Å²) >= 11 is 0. The van der Waals surface area contributed by atoms with E-state index in [0.717, 1.165) is 16.7 Å². The van der Waals surface area contributed by atoms with Crippen molar-refractivity contribution in [2.75, 3.05) is 0 Å². The summed E-state index contributed by atoms with van der Waals surface area (Å²) in [6.45, 7) is 4.17. The fourth-order valence-corrected chi connectivity index (χ4v) is 2.31. The SMILES string of the molecule is Cc1cccc(-c2cccc([C@@H](N)CC(=O)O)c2)c1C. The van der Waals surface area contributed by atoms with Crippen molar-refractivity contribution in [1.29, 1.82) is 0 Å². The third-order valence-corrected chi connectivity index (χ3v) is 3.62. The topological polar surface area (TPSA) is 63.3 Å². The molecular formula is C17H19NO2. The van der Waals surface area contributed by atoms with Crippen molar-refractivity contribution < 1.29 is 9.90 Å². The summed E-state index contributed by atoms with van der Waals surface area (Å²) < 4.78 is 0. The molecule has 0 fully saturated rings. The summed E-state index contributed by atoms with van der Waals surface area (Å²) in [7, 11) is 0. The molecule has 0 bridgehead atoms. The highest BCUT2D eigenvalue weighted by molar-refractivity contribution is 5.70. The molecule has 0 aliphatic carbocycles. The van der Waals surface area contributed by atoms with Crippen molar-refractivity contribution in [2.45, 2.75) is 26.3 Å². The van der Waals surface area contributed by atoms with Gasteiger partial charge in [0.1, 0.15) is 0 Å². The largest absolute Gasteiger partial charge is 0.481 e. The molecule has 2 rings (SSSR count). The minimum atomic E-state index is -0.880. The van der Waals surface area contributed by atoms with Crippen molar-refractivity contribution in [3.05, 3.63) is 59.2 Å². The molecule has 0 aromatic heterocycles. The molecule has 2 aromatic rings. The van der Waals surface area contributed by atoms with Crippen molar-refractivity contribution >= 4 is 5.97 Å². The predicted molar refractivity (Wildman–Crippen MR) is 80.5 cm³/mol. The van der Waals surface area contributed by atoms with Gasteiger partial charge in [-0.15, -0.1) is 0 Å². The highest BCUT2D eigenvalue weighted by Crippen LogP contribution is 2.27. The molecule has 0 aliphatic rings. The Morgan fingerprint density at radius 2 is 1.90 bits per heavy atom. The van der Waals surface area contributed by atoms with E-state index in [9.17, 15) is 4.79 Å². The Hall–Kier alpha value is -2.13. The zero-order valence-electron chi connectivity index (χ0n) is 11.8. The molecule has 0 saturated carbocycles. The van der Waals surface area contributed by atoms with E-state index in [2.05, 4.69) is 26.0 Å². The number of rotatable bonds is 4. The number of benzene rings is 2. The van der Waals surface area contributed by atoms with Crippen LogP contribution in [0.4, 0.5) is 0 Å². The Labute approximate surface area is 119 Å². The van der Waals surface area contributed by atoms with Gasteiger partial charge in [0, 0.05) is 6.04 Å². The van der Waals surface area contributed by atoms with E-state index >= 15 is 0 Å². The van der Waals surface area contributed by atoms with Crippen LogP contribution in [0.3, 0.4) is 0 Å². The first-order valence-corrected chi connectivity index (χ1v) is 6.63. The second-order valence-electron chi connectivity index (χ2n) is 5.08. The standard InChI is InChI=1S/C17H19NO2/c1-11-5-3-8-15(12(11)2)13-6-4-7-14(9-13)16(18)10-17(19)20/h3-9,16H,10,18H2,1-2H3,(H,19,20)/t16-/m0/s1. The van der Waals surface area contributed by atoms with E-state index in [-0.39, 0.29) is 6.42 Å². The number of carboxylic acids is 1. The summed E-state index contributed by atoms with van der Waals surface area (Å²) in [5.41, 5.74) is 11.5. The van der Waals surface area contributed by atoms with Gasteiger partial charge < -0.3 is 10.8 Å². The van der Waals surface area contributed by atoms with Gasteiger partial charge in [-0.25, -0.2) is 0 Å². The van der Waals surface area contributed by atoms with Gasteiger partial charge >= 0.3 is 5.97 Å². The zero-order chi connectivity index (χ0) is 14.7. The first-order chi connectivity index (χ1) is 9.49. The van der Waals surface area contributed by atoms with Crippen LogP contribution >= 0.6 is 0 Å². The van der Waals surface area contributed by atoms with Crippen LogP contribution < -0.4 is 5.73 Å². The number of carbonyl (C=O) groups is 1. The van der Waals surface area contributed by atoms with E-state index in [4.69, 9.17) is 10.8 Å². The van der Waals surface area contributed by atoms with Crippen LogP contribution in [0.25, 0.3) is 11.1 Å². The first kappa shape index (κ1) is 14.3. The molecule has 3 nitrogen and oxygen atoms in total. The van der Waals surface area contributed by atoms with E-state index < -0.39 is 12.0 Å². The van der Waals surface area contributed by atoms with Crippen LogP contribution in [0.1, 0.15) is 29.2 Å². The average Bonchev–Trinajstić information content (AvgIpc) is 2.41. The molecule has 3 heteroatoms. The number of nitrogens with two attached hydrogens (primary N) is 1. The van der Waals surface area contributed by atoms with Crippen LogP contribution in [0.2, 0.25) is 0 Å². The first-order valence-electron chi connectivity index (χ1n) is 6.63. The summed E-state index contributed by atoms with van der Waals surface area (Å²) in [6, 6.07) is 13.5. The summed E-state index contributed by atoms with van der Waals surface area (Å²) in [5.74, 6) is -0.880. The minimum absolute atomic E-state index is 0.0593. The molecule has 0 unspecified atom stereocenters. The lowest BCUT2D eigenvalue weighted by Crippen LogP contribution is -2.14. The molecule has 0 amide bonds. The second kappa shape index (κ2) is 5.88. The van der Waals surface area contributed by atoms with Crippen molar-refractivity contribution in [1.82, 2.24) is 0 Å². The van der Waals surface area contributed by atoms with Crippen molar-refractivity contribution in [2.24, 2.45) is 5.73 Å². The molecule has 0 saturated heterocycles. The number of aryl methyl sites for hydroxylation is 1. The smallest absolute Gasteiger partial charge is 0.305 e. The summed E-state index contributed by atoms with van der Waals surface area (Å²) in [5, 5.41) is 8.83. The van der Waals surface area contributed by atoms with Crippen LogP contribution in [0.5, 0.6) is 0 Å². The second-order valence-corrected chi connectivity index (χ2v) is 5.08. The van der Waals surface area contributed by atoms with E-state index in [1.165, 1.54) is 11.1 Å². The number of hydrogen-bond acceptors (Lipinski definition) is 2. The monoisotopic (exact) mass is 269 g/mol. The normalized spacial score (nSPS) is 12.2. The molecule has 0 aliphatic heterocycles. The summed E-state index contributed by atoms with van der Waals surface area (Å²) in [4.78, 5) is 10.8. The van der Waals surface area contributed by atoms with Gasteiger partial charge in [-0.1, -0.05) is 36.4 Å². The average molecular weight is 269 g/mol. The van der Waals surface area contributed by atoms with Gasteiger partial charge in [0.05, 0.1) is 6.42 Å². The summed E-state index contributed by atoms with van der Waals surface area (Å²) in [6.07, 6.45) is -0.0593. The highest BCUT2D eigenvalue weighted by Gasteiger charge is 2.12. The van der Waals surface area contributed by atoms with Gasteiger partial charge in [0.2, 0.25) is 0 Å². The Morgan fingerprint density at radius 1 is 1.20 bits per heavy atom. The van der Waals surface area contributed by atoms with E-state index in [1.54, 1.807) is 0 Å². The Bertz CT molecular complexity index is 635. The molecule has 3 N–H and O–H groups in total. The van der Waals surface area contributed by atoms with Crippen LogP contribution in [-0.4, -0.2) is 11.1 Å². The fraction of sp³-hybridized carbons (Fsp3) is 0.235. The Balaban J connectivity index is 2.39. The molecule has 0 radical (unpaired) electrons. The Morgan fingerprint density at radius 3 is 2.60 bits per heavy atom. The van der Waals surface area contributed by atoms with Crippen LogP contribution in [0, 0.1) is 13.8 Å². The molecule has 20 heavy (non-hydrogen) atoms. The third kappa shape index (κ3) is 3.06. The van der Waals surface area contributed by atoms with Crippen LogP contribution in [-0.2, 0) is 4.79 Å². The third-order valence-electron chi connectivity index (χ3n) is 3.62. The van der Waals surface area contributed by atoms with E-state index in [0.29, 0.717) is 0 Å². The predicted octanol–water partition coefficient (Wildman–Crippen LogP) is 3.44. The molecule has 0 heterocycles. The number of carboxylic acid groups (broad SMARTS) is 1. The van der Waals surface area contributed by atoms with Gasteiger partial charge in [0.15, 0.2) is 0 Å². The van der Waals surface area contributed by atoms with Crippen molar-refractivity contribution in [3.63, 3.8) is 0 Å². The zero-order valence-corrected chi connectivity index (χ0v) is 11.8. The quantitative estimate of drug-likeness (QED) is 0.893. The van der Waals surface area contributed by atoms with Gasteiger partial charge in [-0.3, -0.25) is 4.79 Å². The maximum absolute atomic E-state index is 10.8. The highest BCUT2D eigenvalue weighted by atomic mass is 16.4. The minimum Gasteiger partial charge on any atom is -0.481 e. The molecule has 1 atom stereocenters. The fourth-order valence-electron chi connectivity index (χ4n) is 2.31. The maximum Gasteiger partial charge on any atom is 0.305 e. The lowest BCUT2D eigenvalue weighted by atomic mass is 9.94. The van der Waals surface area contributed by atoms with E-state index in [1.807, 2.05) is 30.3 Å². The van der Waals surface area contributed by atoms with Gasteiger partial charge in [-0.2, -0.15) is 0 Å². The molecular weight excluding hydrogens is 250 g/mol. The Kier molecular flexibility index (Phi) is 4.20. The molecule has 2 aromatic carbocycles. The molecule has 104 valence electrons. The number of aliphatic carboxylic acids is 1. The van der Waals surface area contributed by atoms with Crippen LogP contribution in [0.15, 0.2) is 42.5 Å². The molecule has 0 spiro atoms.